The summed E-state index contributed by atoms with van der Waals surface area (Å²) in [7, 11) is 0. The summed E-state index contributed by atoms with van der Waals surface area (Å²) in [5, 5.41) is 19.3. The minimum atomic E-state index is -0.106. The van der Waals surface area contributed by atoms with Gasteiger partial charge in [0, 0.05) is 36.6 Å². The lowest BCUT2D eigenvalue weighted by molar-refractivity contribution is 0.281. The molecule has 0 aliphatic carbocycles. The molecule has 1 aliphatic heterocycles. The van der Waals surface area contributed by atoms with Gasteiger partial charge in [0.2, 0.25) is 5.95 Å². The number of hydrogen-bond donors (Lipinski definition) is 4. The van der Waals surface area contributed by atoms with E-state index in [2.05, 4.69) is 30.9 Å². The second-order valence-electron chi connectivity index (χ2n) is 6.83. The lowest BCUT2D eigenvalue weighted by Crippen LogP contribution is -2.28. The summed E-state index contributed by atoms with van der Waals surface area (Å²) < 4.78 is 0. The van der Waals surface area contributed by atoms with E-state index in [1.165, 1.54) is 12.8 Å². The molecule has 2 aromatic rings. The molecule has 1 aliphatic rings. The molecule has 3 rings (SSSR count). The molecule has 0 amide bonds. The Bertz CT molecular complexity index is 675. The first-order valence-corrected chi connectivity index (χ1v) is 9.36. The van der Waals surface area contributed by atoms with E-state index in [0.29, 0.717) is 5.95 Å². The van der Waals surface area contributed by atoms with Crippen LogP contribution in [0.25, 0.3) is 11.3 Å². The second-order valence-corrected chi connectivity index (χ2v) is 6.83. The molecule has 140 valence electrons. The van der Waals surface area contributed by atoms with Gasteiger partial charge < -0.3 is 21.1 Å². The Kier molecular flexibility index (Phi) is 6.74. The topological polar surface area (TPSA) is 95.0 Å². The van der Waals surface area contributed by atoms with E-state index in [0.717, 1.165) is 49.0 Å². The summed E-state index contributed by atoms with van der Waals surface area (Å²) in [5.41, 5.74) is 1.82. The van der Waals surface area contributed by atoms with Crippen LogP contribution in [0, 0.1) is 5.92 Å². The van der Waals surface area contributed by atoms with Crippen molar-refractivity contribution in [3.8, 4) is 11.3 Å². The van der Waals surface area contributed by atoms with Crippen LogP contribution in [0.4, 0.5) is 11.8 Å². The minimum absolute atomic E-state index is 0.0291. The molecule has 0 bridgehead atoms. The average Bonchev–Trinajstić information content (AvgIpc) is 2.69. The van der Waals surface area contributed by atoms with Crippen molar-refractivity contribution in [2.45, 2.75) is 32.2 Å². The van der Waals surface area contributed by atoms with Gasteiger partial charge in [0.1, 0.15) is 5.82 Å². The number of anilines is 2. The van der Waals surface area contributed by atoms with E-state index in [4.69, 9.17) is 0 Å². The summed E-state index contributed by atoms with van der Waals surface area (Å²) in [5.74, 6) is 2.09. The third-order valence-electron chi connectivity index (χ3n) is 4.67. The minimum Gasteiger partial charge on any atom is -0.394 e. The molecule has 7 heteroatoms. The Balaban J connectivity index is 1.71. The van der Waals surface area contributed by atoms with E-state index in [9.17, 15) is 5.11 Å². The van der Waals surface area contributed by atoms with Crippen LogP contribution in [0.1, 0.15) is 26.2 Å². The van der Waals surface area contributed by atoms with Gasteiger partial charge in [0.15, 0.2) is 0 Å². The van der Waals surface area contributed by atoms with Gasteiger partial charge in [-0.05, 0) is 57.3 Å². The number of nitrogens with zero attached hydrogens (tertiary/aromatic N) is 3. The monoisotopic (exact) mass is 356 g/mol. The van der Waals surface area contributed by atoms with Crippen LogP contribution in [0.15, 0.2) is 30.6 Å². The van der Waals surface area contributed by atoms with Crippen molar-refractivity contribution in [1.82, 2.24) is 20.3 Å². The highest BCUT2D eigenvalue weighted by atomic mass is 16.3. The fourth-order valence-corrected chi connectivity index (χ4v) is 3.11. The van der Waals surface area contributed by atoms with E-state index in [1.807, 2.05) is 25.1 Å². The fourth-order valence-electron chi connectivity index (χ4n) is 3.11. The predicted molar refractivity (Wildman–Crippen MR) is 104 cm³/mol. The van der Waals surface area contributed by atoms with Crippen LogP contribution in [0.5, 0.6) is 0 Å². The molecule has 1 saturated heterocycles. The molecule has 0 unspecified atom stereocenters. The van der Waals surface area contributed by atoms with Crippen LogP contribution >= 0.6 is 0 Å². The molecule has 0 spiro atoms. The summed E-state index contributed by atoms with van der Waals surface area (Å²) in [6.45, 7) is 5.06. The highest BCUT2D eigenvalue weighted by Crippen LogP contribution is 2.22. The van der Waals surface area contributed by atoms with E-state index >= 15 is 0 Å². The quantitative estimate of drug-likeness (QED) is 0.575. The third-order valence-corrected chi connectivity index (χ3v) is 4.67. The van der Waals surface area contributed by atoms with Gasteiger partial charge in [0.25, 0.3) is 0 Å². The van der Waals surface area contributed by atoms with Crippen LogP contribution in [0.2, 0.25) is 0 Å². The number of piperidine rings is 1. The zero-order valence-corrected chi connectivity index (χ0v) is 15.3. The van der Waals surface area contributed by atoms with Crippen LogP contribution in [-0.2, 0) is 0 Å². The van der Waals surface area contributed by atoms with Gasteiger partial charge >= 0.3 is 0 Å². The van der Waals surface area contributed by atoms with Gasteiger partial charge in [-0.25, -0.2) is 4.98 Å². The Morgan fingerprint density at radius 1 is 1.23 bits per heavy atom. The van der Waals surface area contributed by atoms with Crippen molar-refractivity contribution in [3.63, 3.8) is 0 Å². The number of aromatic nitrogens is 3. The molecule has 0 aromatic carbocycles. The molecular weight excluding hydrogens is 328 g/mol. The number of aliphatic hydroxyl groups is 1. The number of nitrogens with one attached hydrogen (secondary N) is 3. The van der Waals surface area contributed by atoms with Crippen LogP contribution in [0.3, 0.4) is 0 Å². The largest absolute Gasteiger partial charge is 0.394 e. The highest BCUT2D eigenvalue weighted by Gasteiger charge is 2.13. The van der Waals surface area contributed by atoms with Crippen molar-refractivity contribution in [2.75, 3.05) is 36.9 Å². The Morgan fingerprint density at radius 2 is 2.00 bits per heavy atom. The molecular formula is C19H28N6O. The summed E-state index contributed by atoms with van der Waals surface area (Å²) >= 11 is 0. The highest BCUT2D eigenvalue weighted by molar-refractivity contribution is 5.63. The number of hydrogen-bond acceptors (Lipinski definition) is 7. The van der Waals surface area contributed by atoms with Gasteiger partial charge in [-0.2, -0.15) is 4.98 Å². The van der Waals surface area contributed by atoms with Gasteiger partial charge in [-0.3, -0.25) is 4.98 Å². The van der Waals surface area contributed by atoms with Crippen molar-refractivity contribution in [2.24, 2.45) is 5.92 Å². The molecule has 26 heavy (non-hydrogen) atoms. The zero-order valence-electron chi connectivity index (χ0n) is 15.3. The van der Waals surface area contributed by atoms with Gasteiger partial charge in [-0.1, -0.05) is 0 Å². The summed E-state index contributed by atoms with van der Waals surface area (Å²) in [6, 6.07) is 5.72. The molecule has 7 nitrogen and oxygen atoms in total. The van der Waals surface area contributed by atoms with E-state index in [1.54, 1.807) is 12.4 Å². The van der Waals surface area contributed by atoms with Gasteiger partial charge in [-0.15, -0.1) is 0 Å². The van der Waals surface area contributed by atoms with Crippen molar-refractivity contribution in [1.29, 1.82) is 0 Å². The average molecular weight is 356 g/mol. The molecule has 1 fully saturated rings. The Labute approximate surface area is 154 Å². The van der Waals surface area contributed by atoms with Crippen LogP contribution < -0.4 is 16.0 Å². The first kappa shape index (κ1) is 18.5. The number of aliphatic hydroxyl groups excluding tert-OH is 1. The molecule has 3 heterocycles. The first-order valence-electron chi connectivity index (χ1n) is 9.36. The Morgan fingerprint density at radius 3 is 2.73 bits per heavy atom. The predicted octanol–water partition coefficient (Wildman–Crippen LogP) is 2.13. The standard InChI is InChI=1S/C19H28N6O/c1-14(13-26)23-19-24-17(16-5-9-21-10-6-16)12-18(25-19)22-11-4-15-2-7-20-8-3-15/h5-6,9-10,12,14-15,20,26H,2-4,7-8,11,13H2,1H3,(H2,22,23,24,25)/t14-/m1/s1. The van der Waals surface area contributed by atoms with Crippen molar-refractivity contribution in [3.05, 3.63) is 30.6 Å². The van der Waals surface area contributed by atoms with Gasteiger partial charge in [0.05, 0.1) is 12.3 Å². The smallest absolute Gasteiger partial charge is 0.225 e. The molecule has 4 N–H and O–H groups in total. The third kappa shape index (κ3) is 5.37. The van der Waals surface area contributed by atoms with E-state index < -0.39 is 0 Å². The van der Waals surface area contributed by atoms with Crippen molar-refractivity contribution < 1.29 is 5.11 Å². The number of pyridine rings is 1. The summed E-state index contributed by atoms with van der Waals surface area (Å²) in [6.07, 6.45) is 7.14. The number of rotatable bonds is 8. The lowest BCUT2D eigenvalue weighted by Gasteiger charge is -2.22. The lowest BCUT2D eigenvalue weighted by atomic mass is 9.95. The Hall–Kier alpha value is -2.25. The zero-order chi connectivity index (χ0) is 18.2. The SMILES string of the molecule is C[C@H](CO)Nc1nc(NCCC2CCNCC2)cc(-c2ccncc2)n1. The fraction of sp³-hybridized carbons (Fsp3) is 0.526. The van der Waals surface area contributed by atoms with E-state index in [-0.39, 0.29) is 12.6 Å². The summed E-state index contributed by atoms with van der Waals surface area (Å²) in [4.78, 5) is 13.2. The molecule has 0 radical (unpaired) electrons. The molecule has 0 saturated carbocycles. The second kappa shape index (κ2) is 9.45. The maximum absolute atomic E-state index is 9.29. The molecule has 1 atom stereocenters. The maximum Gasteiger partial charge on any atom is 0.225 e. The van der Waals surface area contributed by atoms with Crippen LogP contribution in [-0.4, -0.2) is 52.3 Å². The van der Waals surface area contributed by atoms with Crippen molar-refractivity contribution >= 4 is 11.8 Å². The maximum atomic E-state index is 9.29. The first-order chi connectivity index (χ1) is 12.7. The normalized spacial score (nSPS) is 16.2. The molecule has 2 aromatic heterocycles.